The minimum absolute atomic E-state index is 0.754. The van der Waals surface area contributed by atoms with Crippen LogP contribution in [0.4, 0.5) is 0 Å². The fourth-order valence-electron chi connectivity index (χ4n) is 6.09. The van der Waals surface area contributed by atoms with E-state index in [1.807, 2.05) is 85.2 Å². The highest BCUT2D eigenvalue weighted by molar-refractivity contribution is 6.12. The van der Waals surface area contributed by atoms with Crippen LogP contribution in [0.2, 0.25) is 0 Å². The Hall–Kier alpha value is -6.14. The highest BCUT2D eigenvalue weighted by atomic mass is 16.3. The van der Waals surface area contributed by atoms with Gasteiger partial charge in [-0.15, -0.1) is 0 Å². The molecule has 6 heterocycles. The number of fused-ring (bicyclic) bond motifs is 6. The normalized spacial score (nSPS) is 11.6. The predicted molar refractivity (Wildman–Crippen MR) is 174 cm³/mol. The Morgan fingerprint density at radius 1 is 0.341 bits per heavy atom. The largest absolute Gasteiger partial charge is 0.453 e. The third kappa shape index (κ3) is 3.75. The van der Waals surface area contributed by atoms with Gasteiger partial charge in [-0.25, -0.2) is 0 Å². The second-order valence-electron chi connectivity index (χ2n) is 10.6. The average Bonchev–Trinajstić information content (AvgIpc) is 3.68. The van der Waals surface area contributed by atoms with Gasteiger partial charge in [-0.05, 0) is 71.8 Å². The van der Waals surface area contributed by atoms with Crippen molar-refractivity contribution in [1.29, 1.82) is 0 Å². The standard InChI is InChI=1S/C38H22N4O2/c1-3-19-39-31(11-1)27-7-5-9-29-33-37(43-35(27)29)25(17-21-41-33)23-13-15-24(16-14-23)26-18-22-42-34-30-10-6-8-28(36(30)44-38(26)34)32-12-2-4-20-40-32/h1-22H. The monoisotopic (exact) mass is 566 g/mol. The smallest absolute Gasteiger partial charge is 0.161 e. The highest BCUT2D eigenvalue weighted by Gasteiger charge is 2.19. The molecule has 0 N–H and O–H groups in total. The van der Waals surface area contributed by atoms with E-state index in [-0.39, 0.29) is 0 Å². The number of pyridine rings is 4. The number of furan rings is 2. The van der Waals surface area contributed by atoms with Crippen LogP contribution in [-0.2, 0) is 0 Å². The number of aromatic nitrogens is 4. The SMILES string of the molecule is c1ccc(-c2cccc3c2oc2c(-c4ccc(-c5ccnc6c5oc5c(-c7ccccn7)cccc56)cc4)ccnc23)nc1. The van der Waals surface area contributed by atoms with Crippen molar-refractivity contribution >= 4 is 44.1 Å². The zero-order valence-corrected chi connectivity index (χ0v) is 23.3. The van der Waals surface area contributed by atoms with E-state index in [1.165, 1.54) is 0 Å². The Labute approximate surface area is 251 Å². The Kier molecular flexibility index (Phi) is 5.40. The van der Waals surface area contributed by atoms with Gasteiger partial charge < -0.3 is 8.83 Å². The summed E-state index contributed by atoms with van der Waals surface area (Å²) in [5.74, 6) is 0. The molecule has 6 heteroatoms. The van der Waals surface area contributed by atoms with Crippen LogP contribution in [-0.4, -0.2) is 19.9 Å². The summed E-state index contributed by atoms with van der Waals surface area (Å²) in [4.78, 5) is 18.5. The predicted octanol–water partition coefficient (Wildman–Crippen LogP) is 9.73. The lowest BCUT2D eigenvalue weighted by Crippen LogP contribution is -1.84. The van der Waals surface area contributed by atoms with Gasteiger partial charge in [0.2, 0.25) is 0 Å². The van der Waals surface area contributed by atoms with E-state index in [4.69, 9.17) is 18.8 Å². The van der Waals surface area contributed by atoms with Crippen LogP contribution in [0.5, 0.6) is 0 Å². The molecule has 206 valence electrons. The lowest BCUT2D eigenvalue weighted by Gasteiger charge is -2.06. The molecule has 0 spiro atoms. The summed E-state index contributed by atoms with van der Waals surface area (Å²) in [5, 5.41) is 1.94. The van der Waals surface area contributed by atoms with E-state index in [2.05, 4.69) is 46.4 Å². The number of hydrogen-bond acceptors (Lipinski definition) is 6. The van der Waals surface area contributed by atoms with Crippen LogP contribution in [0.3, 0.4) is 0 Å². The van der Waals surface area contributed by atoms with Crippen molar-refractivity contribution in [3.63, 3.8) is 0 Å². The fraction of sp³-hybridized carbons (Fsp3) is 0. The van der Waals surface area contributed by atoms with Gasteiger partial charge in [0.15, 0.2) is 11.2 Å². The maximum Gasteiger partial charge on any atom is 0.161 e. The number of nitrogens with zero attached hydrogens (tertiary/aromatic N) is 4. The van der Waals surface area contributed by atoms with E-state index in [0.29, 0.717) is 0 Å². The topological polar surface area (TPSA) is 77.8 Å². The van der Waals surface area contributed by atoms with Crippen molar-refractivity contribution in [2.45, 2.75) is 0 Å². The lowest BCUT2D eigenvalue weighted by atomic mass is 10.00. The Bertz CT molecular complexity index is 2310. The van der Waals surface area contributed by atoms with E-state index in [1.54, 1.807) is 12.4 Å². The van der Waals surface area contributed by atoms with E-state index in [0.717, 1.165) is 88.9 Å². The molecule has 0 saturated heterocycles. The summed E-state index contributed by atoms with van der Waals surface area (Å²) >= 11 is 0. The second kappa shape index (κ2) is 9.71. The van der Waals surface area contributed by atoms with E-state index in [9.17, 15) is 0 Å². The van der Waals surface area contributed by atoms with Crippen molar-refractivity contribution < 1.29 is 8.83 Å². The molecule has 0 atom stereocenters. The van der Waals surface area contributed by atoms with Crippen LogP contribution in [0.1, 0.15) is 0 Å². The maximum atomic E-state index is 6.55. The third-order valence-electron chi connectivity index (χ3n) is 8.15. The molecule has 0 bridgehead atoms. The van der Waals surface area contributed by atoms with Gasteiger partial charge in [-0.3, -0.25) is 19.9 Å². The summed E-state index contributed by atoms with van der Waals surface area (Å²) in [6, 6.07) is 36.5. The van der Waals surface area contributed by atoms with Crippen molar-refractivity contribution in [2.24, 2.45) is 0 Å². The van der Waals surface area contributed by atoms with Gasteiger partial charge in [0, 0.05) is 57.8 Å². The van der Waals surface area contributed by atoms with Crippen LogP contribution in [0.15, 0.2) is 143 Å². The van der Waals surface area contributed by atoms with Gasteiger partial charge in [-0.1, -0.05) is 48.5 Å². The first-order valence-electron chi connectivity index (χ1n) is 14.4. The Balaban J connectivity index is 1.16. The molecule has 0 aliphatic carbocycles. The molecule has 0 radical (unpaired) electrons. The van der Waals surface area contributed by atoms with E-state index < -0.39 is 0 Å². The molecular weight excluding hydrogens is 544 g/mol. The quantitative estimate of drug-likeness (QED) is 0.211. The number of benzene rings is 3. The first kappa shape index (κ1) is 24.5. The summed E-state index contributed by atoms with van der Waals surface area (Å²) in [5.41, 5.74) is 12.4. The lowest BCUT2D eigenvalue weighted by molar-refractivity contribution is 0.669. The van der Waals surface area contributed by atoms with Crippen molar-refractivity contribution in [3.8, 4) is 44.8 Å². The van der Waals surface area contributed by atoms with Gasteiger partial charge in [0.1, 0.15) is 22.2 Å². The molecule has 0 saturated carbocycles. The molecule has 3 aromatic carbocycles. The maximum absolute atomic E-state index is 6.55. The highest BCUT2D eigenvalue weighted by Crippen LogP contribution is 2.41. The zero-order valence-electron chi connectivity index (χ0n) is 23.3. The minimum Gasteiger partial charge on any atom is -0.453 e. The van der Waals surface area contributed by atoms with E-state index >= 15 is 0 Å². The molecule has 0 unspecified atom stereocenters. The molecule has 0 amide bonds. The summed E-state index contributed by atoms with van der Waals surface area (Å²) in [7, 11) is 0. The third-order valence-corrected chi connectivity index (χ3v) is 8.15. The second-order valence-corrected chi connectivity index (χ2v) is 10.6. The van der Waals surface area contributed by atoms with Crippen molar-refractivity contribution in [2.75, 3.05) is 0 Å². The van der Waals surface area contributed by atoms with Crippen LogP contribution in [0.25, 0.3) is 88.9 Å². The molecule has 44 heavy (non-hydrogen) atoms. The first-order valence-corrected chi connectivity index (χ1v) is 14.4. The van der Waals surface area contributed by atoms with Crippen LogP contribution < -0.4 is 0 Å². The minimum atomic E-state index is 0.754. The average molecular weight is 567 g/mol. The summed E-state index contributed by atoms with van der Waals surface area (Å²) in [6.07, 6.45) is 7.27. The van der Waals surface area contributed by atoms with Gasteiger partial charge in [0.25, 0.3) is 0 Å². The van der Waals surface area contributed by atoms with Crippen molar-refractivity contribution in [3.05, 3.63) is 134 Å². The van der Waals surface area contributed by atoms with Crippen LogP contribution >= 0.6 is 0 Å². The number of rotatable bonds is 4. The molecule has 0 aliphatic heterocycles. The number of para-hydroxylation sites is 2. The Morgan fingerprint density at radius 3 is 1.25 bits per heavy atom. The number of hydrogen-bond donors (Lipinski definition) is 0. The molecule has 6 aromatic heterocycles. The molecule has 6 nitrogen and oxygen atoms in total. The van der Waals surface area contributed by atoms with Gasteiger partial charge >= 0.3 is 0 Å². The molecule has 9 aromatic rings. The summed E-state index contributed by atoms with van der Waals surface area (Å²) in [6.45, 7) is 0. The van der Waals surface area contributed by atoms with Crippen LogP contribution in [0, 0.1) is 0 Å². The molecule has 0 fully saturated rings. The fourth-order valence-corrected chi connectivity index (χ4v) is 6.09. The molecule has 0 aliphatic rings. The Morgan fingerprint density at radius 2 is 0.818 bits per heavy atom. The molecule has 9 rings (SSSR count). The first-order chi connectivity index (χ1) is 21.8. The summed E-state index contributed by atoms with van der Waals surface area (Å²) < 4.78 is 13.1. The zero-order chi connectivity index (χ0) is 29.0. The van der Waals surface area contributed by atoms with Gasteiger partial charge in [-0.2, -0.15) is 0 Å². The molecular formula is C38H22N4O2. The van der Waals surface area contributed by atoms with Crippen molar-refractivity contribution in [1.82, 2.24) is 19.9 Å². The van der Waals surface area contributed by atoms with Gasteiger partial charge in [0.05, 0.1) is 11.4 Å².